The Hall–Kier alpha value is -6.91. The molecule has 7 rings (SSSR count). The van der Waals surface area contributed by atoms with Gasteiger partial charge in [-0.05, 0) is 111 Å². The number of hydrogen-bond donors (Lipinski definition) is 7. The first kappa shape index (κ1) is 46.1. The van der Waals surface area contributed by atoms with Crippen LogP contribution in [0.1, 0.15) is 22.3 Å². The van der Waals surface area contributed by atoms with Gasteiger partial charge in [0.1, 0.15) is 19.6 Å². The van der Waals surface area contributed by atoms with Gasteiger partial charge in [-0.2, -0.15) is 69.1 Å². The molecule has 6 aromatic carbocycles. The molecule has 26 heteroatoms. The standard InChI is InChI=1S/C39H33N9O13S4/c1-19-13-31(47-45-23-15-27-25(35(17-23)64(56,57)58)7-5-9-33(27)62(50,51)52)21(3)11-29(19)40-37-42-38(44-39(49)43-37)41-30-12-22(4)32(14-20(30)2)48-46-24-16-28-26(36(18-24)65(59,60)61)8-6-10-34(28)63(53,54)55/h5-18H,1-4H3,(H,50,51,52)(H,53,54,55)(H,56,57,58)(H,59,60,61)(H3,40,41,42,43,44,49)/b47-45+,48-46+. The van der Waals surface area contributed by atoms with Crippen molar-refractivity contribution in [2.24, 2.45) is 20.5 Å². The first-order valence-corrected chi connectivity index (χ1v) is 24.1. The summed E-state index contributed by atoms with van der Waals surface area (Å²) in [5, 5.41) is 32.3. The van der Waals surface area contributed by atoms with Crippen LogP contribution in [0, 0.1) is 27.7 Å². The maximum absolute atomic E-state index is 12.2. The molecular formula is C39H33N9O13S4. The van der Waals surface area contributed by atoms with Crippen LogP contribution in [0.5, 0.6) is 6.01 Å². The Labute approximate surface area is 369 Å². The second-order valence-corrected chi connectivity index (χ2v) is 19.9. The summed E-state index contributed by atoms with van der Waals surface area (Å²) in [4.78, 5) is 9.79. The van der Waals surface area contributed by atoms with E-state index in [9.17, 15) is 57.0 Å². The number of nitrogens with one attached hydrogen (secondary N) is 2. The summed E-state index contributed by atoms with van der Waals surface area (Å²) >= 11 is 0. The summed E-state index contributed by atoms with van der Waals surface area (Å²) < 4.78 is 136. The van der Waals surface area contributed by atoms with E-state index in [0.29, 0.717) is 45.0 Å². The molecule has 336 valence electrons. The molecule has 7 aromatic rings. The predicted octanol–water partition coefficient (Wildman–Crippen LogP) is 8.42. The first-order chi connectivity index (χ1) is 30.3. The Balaban J connectivity index is 1.13. The van der Waals surface area contributed by atoms with Gasteiger partial charge in [-0.1, -0.05) is 24.3 Å². The fraction of sp³-hybridized carbons (Fsp3) is 0.103. The van der Waals surface area contributed by atoms with E-state index in [1.807, 2.05) is 0 Å². The third-order valence-electron chi connectivity index (χ3n) is 9.67. The molecule has 0 saturated heterocycles. The summed E-state index contributed by atoms with van der Waals surface area (Å²) in [6.45, 7) is 6.79. The van der Waals surface area contributed by atoms with Crippen molar-refractivity contribution in [2.45, 2.75) is 47.3 Å². The summed E-state index contributed by atoms with van der Waals surface area (Å²) in [5.74, 6) is -0.144. The quantitative estimate of drug-likeness (QED) is 0.0446. The highest BCUT2D eigenvalue weighted by molar-refractivity contribution is 7.87. The molecular weight excluding hydrogens is 931 g/mol. The van der Waals surface area contributed by atoms with Crippen molar-refractivity contribution >= 4 is 108 Å². The van der Waals surface area contributed by atoms with Crippen molar-refractivity contribution in [2.75, 3.05) is 10.6 Å². The van der Waals surface area contributed by atoms with Crippen molar-refractivity contribution in [3.8, 4) is 6.01 Å². The lowest BCUT2D eigenvalue weighted by molar-refractivity contribution is 0.430. The minimum absolute atomic E-state index is 0.0722. The highest BCUT2D eigenvalue weighted by atomic mass is 32.2. The largest absolute Gasteiger partial charge is 0.479 e. The van der Waals surface area contributed by atoms with Gasteiger partial charge in [0.25, 0.3) is 40.5 Å². The fourth-order valence-electron chi connectivity index (χ4n) is 6.64. The predicted molar refractivity (Wildman–Crippen MR) is 235 cm³/mol. The molecule has 7 N–H and O–H groups in total. The minimum atomic E-state index is -4.87. The van der Waals surface area contributed by atoms with Gasteiger partial charge in [0.05, 0.1) is 22.7 Å². The van der Waals surface area contributed by atoms with E-state index in [1.54, 1.807) is 52.0 Å². The lowest BCUT2D eigenvalue weighted by Gasteiger charge is -2.13. The number of hydrogen-bond acceptors (Lipinski definition) is 18. The van der Waals surface area contributed by atoms with E-state index in [4.69, 9.17) is 0 Å². The number of anilines is 4. The monoisotopic (exact) mass is 963 g/mol. The van der Waals surface area contributed by atoms with Gasteiger partial charge < -0.3 is 15.7 Å². The van der Waals surface area contributed by atoms with E-state index in [0.717, 1.165) is 24.3 Å². The van der Waals surface area contributed by atoms with E-state index in [1.165, 1.54) is 36.4 Å². The second-order valence-electron chi connectivity index (χ2n) is 14.3. The van der Waals surface area contributed by atoms with Crippen molar-refractivity contribution < 1.29 is 57.0 Å². The van der Waals surface area contributed by atoms with E-state index in [2.05, 4.69) is 46.0 Å². The normalized spacial score (nSPS) is 12.7. The summed E-state index contributed by atoms with van der Waals surface area (Å²) in [7, 11) is -19.4. The van der Waals surface area contributed by atoms with Crippen molar-refractivity contribution in [3.63, 3.8) is 0 Å². The zero-order chi connectivity index (χ0) is 47.4. The lowest BCUT2D eigenvalue weighted by Crippen LogP contribution is -2.05. The molecule has 0 spiro atoms. The van der Waals surface area contributed by atoms with Crippen LogP contribution in [0.3, 0.4) is 0 Å². The van der Waals surface area contributed by atoms with E-state index >= 15 is 0 Å². The summed E-state index contributed by atoms with van der Waals surface area (Å²) in [5.41, 5.74) is 3.51. The number of aromatic hydroxyl groups is 1. The van der Waals surface area contributed by atoms with Gasteiger partial charge in [-0.15, -0.1) is 0 Å². The van der Waals surface area contributed by atoms with Crippen LogP contribution >= 0.6 is 0 Å². The first-order valence-electron chi connectivity index (χ1n) is 18.3. The molecule has 0 saturated carbocycles. The molecule has 0 aliphatic carbocycles. The molecule has 0 bridgehead atoms. The Morgan fingerprint density at radius 1 is 0.431 bits per heavy atom. The van der Waals surface area contributed by atoms with Gasteiger partial charge in [-0.25, -0.2) is 0 Å². The molecule has 0 unspecified atom stereocenters. The molecule has 0 radical (unpaired) electrons. The molecule has 1 heterocycles. The summed E-state index contributed by atoms with van der Waals surface area (Å²) in [6, 6.07) is 17.4. The number of benzene rings is 6. The number of aromatic nitrogens is 3. The van der Waals surface area contributed by atoms with Crippen LogP contribution in [0.15, 0.2) is 125 Å². The van der Waals surface area contributed by atoms with Gasteiger partial charge in [0.15, 0.2) is 0 Å². The number of rotatable bonds is 12. The maximum atomic E-state index is 12.2. The molecule has 0 aliphatic heterocycles. The zero-order valence-corrected chi connectivity index (χ0v) is 37.1. The Bertz CT molecular complexity index is 3450. The van der Waals surface area contributed by atoms with Crippen molar-refractivity contribution in [1.82, 2.24) is 15.0 Å². The van der Waals surface area contributed by atoms with Crippen molar-refractivity contribution in [3.05, 3.63) is 107 Å². The molecule has 65 heavy (non-hydrogen) atoms. The molecule has 0 amide bonds. The van der Waals surface area contributed by atoms with Gasteiger partial charge in [0, 0.05) is 32.9 Å². The average Bonchev–Trinajstić information content (AvgIpc) is 3.19. The summed E-state index contributed by atoms with van der Waals surface area (Å²) in [6.07, 6.45) is 0. The molecule has 0 fully saturated rings. The average molecular weight is 964 g/mol. The molecule has 1 aromatic heterocycles. The number of aryl methyl sites for hydroxylation is 4. The highest BCUT2D eigenvalue weighted by Gasteiger charge is 2.23. The van der Waals surface area contributed by atoms with Crippen LogP contribution in [0.4, 0.5) is 46.0 Å². The van der Waals surface area contributed by atoms with Crippen LogP contribution < -0.4 is 10.6 Å². The smallest absolute Gasteiger partial charge is 0.320 e. The third kappa shape index (κ3) is 10.1. The second kappa shape index (κ2) is 16.9. The number of azo groups is 2. The van der Waals surface area contributed by atoms with E-state index in [-0.39, 0.29) is 44.8 Å². The van der Waals surface area contributed by atoms with Gasteiger partial charge in [0.2, 0.25) is 11.9 Å². The lowest BCUT2D eigenvalue weighted by atomic mass is 10.1. The zero-order valence-electron chi connectivity index (χ0n) is 33.8. The van der Waals surface area contributed by atoms with E-state index < -0.39 is 66.1 Å². The van der Waals surface area contributed by atoms with Crippen molar-refractivity contribution in [1.29, 1.82) is 0 Å². The Morgan fingerprint density at radius 3 is 1.15 bits per heavy atom. The molecule has 22 nitrogen and oxygen atoms in total. The maximum Gasteiger partial charge on any atom is 0.320 e. The Kier molecular flexibility index (Phi) is 12.0. The number of nitrogens with zero attached hydrogens (tertiary/aromatic N) is 7. The Morgan fingerprint density at radius 2 is 0.800 bits per heavy atom. The van der Waals surface area contributed by atoms with Crippen LogP contribution in [0.2, 0.25) is 0 Å². The van der Waals surface area contributed by atoms with Gasteiger partial charge in [-0.3, -0.25) is 18.2 Å². The van der Waals surface area contributed by atoms with Crippen LogP contribution in [-0.2, 0) is 40.5 Å². The molecule has 0 aliphatic rings. The van der Waals surface area contributed by atoms with Crippen LogP contribution in [0.25, 0.3) is 21.5 Å². The topological polar surface area (TPSA) is 350 Å². The third-order valence-corrected chi connectivity index (χ3v) is 13.3. The molecule has 0 atom stereocenters. The van der Waals surface area contributed by atoms with Crippen LogP contribution in [-0.4, -0.2) is 71.9 Å². The SMILES string of the molecule is Cc1cc(Nc2nc(O)nc(Nc3cc(C)c(/N=N/c4cc(S(=O)(=O)O)c5cccc(S(=O)(=O)O)c5c4)cc3C)n2)c(C)cc1/N=N/c1cc(S(=O)(=O)O)c2cccc(S(=O)(=O)O)c2c1. The highest BCUT2D eigenvalue weighted by Crippen LogP contribution is 2.37. The number of fused-ring (bicyclic) bond motifs is 2. The fourth-order valence-corrected chi connectivity index (χ4v) is 9.48. The van der Waals surface area contributed by atoms with Gasteiger partial charge >= 0.3 is 6.01 Å². The minimum Gasteiger partial charge on any atom is -0.479 e.